The van der Waals surface area contributed by atoms with Crippen LogP contribution >= 0.6 is 0 Å². The molecule has 128 valence electrons. The first-order valence-corrected chi connectivity index (χ1v) is 8.64. The average molecular weight is 328 g/mol. The molecule has 0 saturated carbocycles. The van der Waals surface area contributed by atoms with E-state index in [0.29, 0.717) is 0 Å². The third kappa shape index (κ3) is 4.28. The predicted octanol–water partition coefficient (Wildman–Crippen LogP) is 7.53. The number of hydrogen-bond donors (Lipinski definition) is 0. The Bertz CT molecular complexity index is 839. The van der Waals surface area contributed by atoms with E-state index in [-0.39, 0.29) is 5.41 Å². The van der Waals surface area contributed by atoms with Crippen molar-refractivity contribution in [3.8, 4) is 11.1 Å². The van der Waals surface area contributed by atoms with Gasteiger partial charge in [-0.25, -0.2) is 0 Å². The van der Waals surface area contributed by atoms with E-state index < -0.39 is 0 Å². The van der Waals surface area contributed by atoms with Crippen LogP contribution in [-0.2, 0) is 5.41 Å². The number of rotatable bonds is 5. The van der Waals surface area contributed by atoms with Crippen LogP contribution in [0.15, 0.2) is 67.8 Å². The molecule has 0 nitrogen and oxygen atoms in total. The molecule has 0 aromatic heterocycles. The van der Waals surface area contributed by atoms with Crippen molar-refractivity contribution in [3.05, 3.63) is 90.0 Å². The van der Waals surface area contributed by atoms with Crippen LogP contribution in [0.4, 0.5) is 0 Å². The van der Waals surface area contributed by atoms with Crippen LogP contribution in [0.25, 0.3) is 29.4 Å². The minimum absolute atomic E-state index is 0.00838. The zero-order chi connectivity index (χ0) is 18.6. The van der Waals surface area contributed by atoms with Crippen molar-refractivity contribution < 1.29 is 0 Å². The Balaban J connectivity index is 2.93. The topological polar surface area (TPSA) is 0 Å². The van der Waals surface area contributed by atoms with E-state index in [1.54, 1.807) is 0 Å². The van der Waals surface area contributed by atoms with Gasteiger partial charge in [-0.1, -0.05) is 101 Å². The highest BCUT2D eigenvalue weighted by atomic mass is 14.3. The fourth-order valence-electron chi connectivity index (χ4n) is 2.96. The first-order chi connectivity index (χ1) is 11.8. The van der Waals surface area contributed by atoms with Gasteiger partial charge in [0.25, 0.3) is 0 Å². The van der Waals surface area contributed by atoms with Crippen LogP contribution in [0.5, 0.6) is 0 Å². The molecule has 0 heteroatoms. The van der Waals surface area contributed by atoms with E-state index in [4.69, 9.17) is 0 Å². The third-order valence-electron chi connectivity index (χ3n) is 4.23. The van der Waals surface area contributed by atoms with Gasteiger partial charge in [0.05, 0.1) is 0 Å². The van der Waals surface area contributed by atoms with Crippen molar-refractivity contribution in [2.24, 2.45) is 0 Å². The highest BCUT2D eigenvalue weighted by Crippen LogP contribution is 2.39. The number of hydrogen-bond acceptors (Lipinski definition) is 0. The second-order valence-corrected chi connectivity index (χ2v) is 7.46. The van der Waals surface area contributed by atoms with Gasteiger partial charge in [-0.2, -0.15) is 0 Å². The van der Waals surface area contributed by atoms with Crippen LogP contribution in [0.2, 0.25) is 0 Å². The minimum atomic E-state index is 0.00838. The maximum atomic E-state index is 4.00. The quantitative estimate of drug-likeness (QED) is 0.498. The summed E-state index contributed by atoms with van der Waals surface area (Å²) in [6.45, 7) is 20.7. The summed E-state index contributed by atoms with van der Waals surface area (Å²) in [6.07, 6.45) is 8.06. The lowest BCUT2D eigenvalue weighted by atomic mass is 9.78. The average Bonchev–Trinajstić information content (AvgIpc) is 2.58. The van der Waals surface area contributed by atoms with E-state index in [0.717, 1.165) is 16.7 Å². The van der Waals surface area contributed by atoms with Gasteiger partial charge >= 0.3 is 0 Å². The van der Waals surface area contributed by atoms with Crippen LogP contribution < -0.4 is 0 Å². The molecule has 0 spiro atoms. The zero-order valence-corrected chi connectivity index (χ0v) is 15.9. The van der Waals surface area contributed by atoms with Gasteiger partial charge in [0.1, 0.15) is 0 Å². The molecule has 0 N–H and O–H groups in total. The summed E-state index contributed by atoms with van der Waals surface area (Å²) in [4.78, 5) is 0. The second kappa shape index (κ2) is 7.53. The fourth-order valence-corrected chi connectivity index (χ4v) is 2.96. The lowest BCUT2D eigenvalue weighted by molar-refractivity contribution is 0.591. The molecule has 0 amide bonds. The third-order valence-corrected chi connectivity index (χ3v) is 4.23. The predicted molar refractivity (Wildman–Crippen MR) is 115 cm³/mol. The molecule has 0 atom stereocenters. The second-order valence-electron chi connectivity index (χ2n) is 7.46. The molecular weight excluding hydrogens is 300 g/mol. The van der Waals surface area contributed by atoms with Crippen molar-refractivity contribution in [1.82, 2.24) is 0 Å². The van der Waals surface area contributed by atoms with Crippen LogP contribution in [-0.4, -0.2) is 0 Å². The maximum Gasteiger partial charge on any atom is -0.00675 e. The van der Waals surface area contributed by atoms with Crippen molar-refractivity contribution in [1.29, 1.82) is 0 Å². The van der Waals surface area contributed by atoms with Crippen molar-refractivity contribution in [2.45, 2.75) is 33.1 Å². The molecule has 0 bridgehead atoms. The summed E-state index contributed by atoms with van der Waals surface area (Å²) >= 11 is 0. The molecule has 0 unspecified atom stereocenters. The molecule has 0 saturated heterocycles. The van der Waals surface area contributed by atoms with Gasteiger partial charge in [-0.05, 0) is 51.8 Å². The Kier molecular flexibility index (Phi) is 5.64. The highest BCUT2D eigenvalue weighted by Gasteiger charge is 2.22. The summed E-state index contributed by atoms with van der Waals surface area (Å²) in [5.41, 5.74) is 8.26. The lowest BCUT2D eigenvalue weighted by Gasteiger charge is -2.26. The number of allylic oxidation sites excluding steroid dienone is 2. The van der Waals surface area contributed by atoms with Gasteiger partial charge in [-0.15, -0.1) is 0 Å². The Morgan fingerprint density at radius 2 is 1.64 bits per heavy atom. The molecule has 0 aliphatic carbocycles. The maximum absolute atomic E-state index is 4.00. The standard InChI is InChI=1S/C25H28/c1-8-19-16-21(15-14-18(3)4)24(23(17-19)25(5,6)7)22-13-11-10-12-20(22)9-2/h8-17H,1-3H2,4-7H3/b15-14+. The van der Waals surface area contributed by atoms with Crippen molar-refractivity contribution >= 4 is 18.2 Å². The number of benzene rings is 2. The summed E-state index contributed by atoms with van der Waals surface area (Å²) in [7, 11) is 0. The molecule has 0 aliphatic rings. The molecule has 2 aromatic rings. The molecule has 2 aromatic carbocycles. The highest BCUT2D eigenvalue weighted by molar-refractivity contribution is 5.86. The Hall–Kier alpha value is -2.60. The fraction of sp³-hybridized carbons (Fsp3) is 0.200. The lowest BCUT2D eigenvalue weighted by Crippen LogP contribution is -2.14. The first-order valence-electron chi connectivity index (χ1n) is 8.64. The van der Waals surface area contributed by atoms with Gasteiger partial charge < -0.3 is 0 Å². The van der Waals surface area contributed by atoms with Crippen LogP contribution in [0.1, 0.15) is 49.9 Å². The summed E-state index contributed by atoms with van der Waals surface area (Å²) in [6, 6.07) is 12.9. The molecule has 2 rings (SSSR count). The summed E-state index contributed by atoms with van der Waals surface area (Å²) in [5.74, 6) is 0. The van der Waals surface area contributed by atoms with Gasteiger partial charge in [0, 0.05) is 0 Å². The minimum Gasteiger partial charge on any atom is -0.0985 e. The molecule has 0 fully saturated rings. The van der Waals surface area contributed by atoms with E-state index in [1.165, 1.54) is 22.3 Å². The van der Waals surface area contributed by atoms with Gasteiger partial charge in [0.2, 0.25) is 0 Å². The molecule has 0 radical (unpaired) electrons. The van der Waals surface area contributed by atoms with Crippen LogP contribution in [0, 0.1) is 0 Å². The van der Waals surface area contributed by atoms with E-state index in [2.05, 4.69) is 89.1 Å². The van der Waals surface area contributed by atoms with Crippen LogP contribution in [0.3, 0.4) is 0 Å². The molecule has 0 aliphatic heterocycles. The van der Waals surface area contributed by atoms with Gasteiger partial charge in [-0.3, -0.25) is 0 Å². The monoisotopic (exact) mass is 328 g/mol. The summed E-state index contributed by atoms with van der Waals surface area (Å²) in [5, 5.41) is 0. The van der Waals surface area contributed by atoms with E-state index >= 15 is 0 Å². The molecule has 0 heterocycles. The van der Waals surface area contributed by atoms with Crippen molar-refractivity contribution in [2.75, 3.05) is 0 Å². The normalized spacial score (nSPS) is 11.5. The van der Waals surface area contributed by atoms with E-state index in [1.807, 2.05) is 19.1 Å². The Morgan fingerprint density at radius 1 is 0.960 bits per heavy atom. The Labute approximate surface area is 152 Å². The van der Waals surface area contributed by atoms with E-state index in [9.17, 15) is 0 Å². The largest absolute Gasteiger partial charge is 0.0985 e. The van der Waals surface area contributed by atoms with Gasteiger partial charge in [0.15, 0.2) is 0 Å². The smallest absolute Gasteiger partial charge is 0.00675 e. The van der Waals surface area contributed by atoms with Crippen molar-refractivity contribution in [3.63, 3.8) is 0 Å². The Morgan fingerprint density at radius 3 is 2.20 bits per heavy atom. The molecular formula is C25H28. The molecule has 25 heavy (non-hydrogen) atoms. The zero-order valence-electron chi connectivity index (χ0n) is 15.9. The summed E-state index contributed by atoms with van der Waals surface area (Å²) < 4.78 is 0. The SMILES string of the molecule is C=Cc1cc(/C=C/C(=C)C)c(-c2ccccc2C=C)c(C(C)(C)C)c1. The first kappa shape index (κ1) is 18.7.